The van der Waals surface area contributed by atoms with Gasteiger partial charge in [-0.15, -0.1) is 0 Å². The number of allylic oxidation sites excluding steroid dienone is 1. The van der Waals surface area contributed by atoms with Crippen molar-refractivity contribution in [3.8, 4) is 27.9 Å². The van der Waals surface area contributed by atoms with Crippen LogP contribution in [0.15, 0.2) is 231 Å². The van der Waals surface area contributed by atoms with Crippen LogP contribution >= 0.6 is 0 Å². The Morgan fingerprint density at radius 1 is 0.391 bits per heavy atom. The standard InChI is InChI=1S/C59H37N3O2/c1-4-14-37(15-5-1)49-29-30-50(61-59(60-49)38-16-6-2-7-17-38)42-19-12-18-41(34-42)44-23-13-25-54-56(44)48-36-40(27-32-53(48)64-54)39-26-31-51-47(35-39)45-28-33-55-57(46-22-10-11-24-52(46)63-55)58(45)62(51)43-20-8-3-9-21-43/h1-28,30-36H,29H2. The molecule has 13 rings (SSSR count). The van der Waals surface area contributed by atoms with E-state index in [9.17, 15) is 0 Å². The highest BCUT2D eigenvalue weighted by Gasteiger charge is 2.21. The molecule has 0 spiro atoms. The Bertz CT molecular complexity index is 3910. The van der Waals surface area contributed by atoms with Crippen molar-refractivity contribution in [3.63, 3.8) is 0 Å². The van der Waals surface area contributed by atoms with Crippen LogP contribution in [0.25, 0.3) is 99.3 Å². The third-order valence-corrected chi connectivity index (χ3v) is 12.7. The van der Waals surface area contributed by atoms with Crippen LogP contribution in [0.4, 0.5) is 0 Å². The van der Waals surface area contributed by atoms with Crippen molar-refractivity contribution < 1.29 is 8.83 Å². The van der Waals surface area contributed by atoms with Crippen molar-refractivity contribution in [1.82, 2.24) is 4.57 Å². The Hall–Kier alpha value is -8.54. The number of nitrogens with zero attached hydrogens (tertiary/aromatic N) is 3. The van der Waals surface area contributed by atoms with E-state index in [1.807, 2.05) is 30.3 Å². The lowest BCUT2D eigenvalue weighted by Gasteiger charge is -2.09. The number of furan rings is 2. The molecule has 0 unspecified atom stereocenters. The molecule has 5 heteroatoms. The predicted molar refractivity (Wildman–Crippen MR) is 265 cm³/mol. The third-order valence-electron chi connectivity index (χ3n) is 12.7. The molecule has 3 aromatic heterocycles. The Labute approximate surface area is 368 Å². The second-order valence-electron chi connectivity index (χ2n) is 16.4. The number of fused-ring (bicyclic) bond motifs is 10. The zero-order valence-corrected chi connectivity index (χ0v) is 34.6. The van der Waals surface area contributed by atoms with E-state index in [2.05, 4.69) is 187 Å². The molecule has 9 aromatic carbocycles. The summed E-state index contributed by atoms with van der Waals surface area (Å²) in [5, 5.41) is 6.77. The average molecular weight is 820 g/mol. The van der Waals surface area contributed by atoms with E-state index in [4.69, 9.17) is 18.8 Å². The molecule has 1 aliphatic rings. The Balaban J connectivity index is 0.939. The fourth-order valence-corrected chi connectivity index (χ4v) is 9.70. The minimum absolute atomic E-state index is 0.664. The maximum atomic E-state index is 6.57. The van der Waals surface area contributed by atoms with E-state index in [1.54, 1.807) is 0 Å². The summed E-state index contributed by atoms with van der Waals surface area (Å²) in [5.41, 5.74) is 16.3. The third kappa shape index (κ3) is 5.86. The number of aliphatic imine (C=N–C) groups is 2. The summed E-state index contributed by atoms with van der Waals surface area (Å²) in [5.74, 6) is 0.704. The number of hydrogen-bond donors (Lipinski definition) is 0. The molecule has 300 valence electrons. The zero-order chi connectivity index (χ0) is 42.1. The molecule has 0 fully saturated rings. The summed E-state index contributed by atoms with van der Waals surface area (Å²) >= 11 is 0. The summed E-state index contributed by atoms with van der Waals surface area (Å²) in [6, 6.07) is 72.4. The highest BCUT2D eigenvalue weighted by molar-refractivity contribution is 6.25. The molecule has 0 atom stereocenters. The topological polar surface area (TPSA) is 55.9 Å². The molecule has 0 bridgehead atoms. The van der Waals surface area contributed by atoms with Crippen molar-refractivity contribution in [2.24, 2.45) is 9.98 Å². The normalized spacial score (nSPS) is 13.2. The number of amidine groups is 1. The van der Waals surface area contributed by atoms with Crippen molar-refractivity contribution in [1.29, 1.82) is 0 Å². The second kappa shape index (κ2) is 14.5. The van der Waals surface area contributed by atoms with E-state index in [-0.39, 0.29) is 0 Å². The minimum Gasteiger partial charge on any atom is -0.456 e. The highest BCUT2D eigenvalue weighted by atomic mass is 16.3. The van der Waals surface area contributed by atoms with Crippen molar-refractivity contribution in [3.05, 3.63) is 229 Å². The average Bonchev–Trinajstić information content (AvgIpc) is 3.98. The quantitative estimate of drug-likeness (QED) is 0.168. The number of aromatic nitrogens is 1. The van der Waals surface area contributed by atoms with Crippen LogP contribution in [0.5, 0.6) is 0 Å². The van der Waals surface area contributed by atoms with Gasteiger partial charge in [-0.05, 0) is 94.5 Å². The first-order valence-corrected chi connectivity index (χ1v) is 21.7. The molecule has 64 heavy (non-hydrogen) atoms. The molecule has 0 aliphatic carbocycles. The van der Waals surface area contributed by atoms with Gasteiger partial charge in [-0.2, -0.15) is 0 Å². The van der Waals surface area contributed by atoms with Crippen LogP contribution < -0.4 is 0 Å². The van der Waals surface area contributed by atoms with Crippen molar-refractivity contribution in [2.75, 3.05) is 0 Å². The fraction of sp³-hybridized carbons (Fsp3) is 0.0169. The van der Waals surface area contributed by atoms with Gasteiger partial charge < -0.3 is 13.4 Å². The largest absolute Gasteiger partial charge is 0.456 e. The van der Waals surface area contributed by atoms with E-state index < -0.39 is 0 Å². The first-order chi connectivity index (χ1) is 31.7. The molecule has 0 N–H and O–H groups in total. The van der Waals surface area contributed by atoms with Crippen LogP contribution in [-0.2, 0) is 0 Å². The van der Waals surface area contributed by atoms with Crippen LogP contribution in [-0.4, -0.2) is 16.1 Å². The molecule has 5 nitrogen and oxygen atoms in total. The van der Waals surface area contributed by atoms with E-state index in [0.717, 1.165) is 111 Å². The number of benzene rings is 9. The van der Waals surface area contributed by atoms with Gasteiger partial charge in [-0.25, -0.2) is 9.98 Å². The Kier molecular flexibility index (Phi) is 8.21. The molecule has 12 aromatic rings. The highest BCUT2D eigenvalue weighted by Crippen LogP contribution is 2.43. The van der Waals surface area contributed by atoms with Gasteiger partial charge in [-0.3, -0.25) is 0 Å². The first-order valence-electron chi connectivity index (χ1n) is 21.7. The summed E-state index contributed by atoms with van der Waals surface area (Å²) in [6.07, 6.45) is 2.87. The maximum absolute atomic E-state index is 6.57. The lowest BCUT2D eigenvalue weighted by molar-refractivity contribution is 0.668. The maximum Gasteiger partial charge on any atom is 0.160 e. The second-order valence-corrected chi connectivity index (χ2v) is 16.4. The van der Waals surface area contributed by atoms with Crippen molar-refractivity contribution >= 4 is 82.9 Å². The summed E-state index contributed by atoms with van der Waals surface area (Å²) in [7, 11) is 0. The summed E-state index contributed by atoms with van der Waals surface area (Å²) < 4.78 is 15.4. The fourth-order valence-electron chi connectivity index (χ4n) is 9.70. The SMILES string of the molecule is C1=C(c2cccc(-c3cccc4oc5ccc(-c6ccc7c(c6)c6ccc8oc9ccccc9c8c6n7-c6ccccc6)cc5c34)c2)N=C(c2ccccc2)N=C(c2ccccc2)C1. The number of hydrogen-bond acceptors (Lipinski definition) is 4. The molecule has 0 saturated heterocycles. The number of para-hydroxylation sites is 2. The van der Waals surface area contributed by atoms with Gasteiger partial charge in [-0.1, -0.05) is 146 Å². The molecule has 4 heterocycles. The van der Waals surface area contributed by atoms with E-state index in [0.29, 0.717) is 12.3 Å². The molecule has 0 saturated carbocycles. The van der Waals surface area contributed by atoms with Gasteiger partial charge in [0.2, 0.25) is 0 Å². The molecular weight excluding hydrogens is 783 g/mol. The van der Waals surface area contributed by atoms with Crippen molar-refractivity contribution in [2.45, 2.75) is 6.42 Å². The first kappa shape index (κ1) is 36.1. The van der Waals surface area contributed by atoms with Gasteiger partial charge in [0.15, 0.2) is 5.84 Å². The van der Waals surface area contributed by atoms with Gasteiger partial charge in [0, 0.05) is 50.2 Å². The van der Waals surface area contributed by atoms with Gasteiger partial charge in [0.25, 0.3) is 0 Å². The summed E-state index contributed by atoms with van der Waals surface area (Å²) in [4.78, 5) is 10.4. The van der Waals surface area contributed by atoms with Gasteiger partial charge in [0.05, 0.1) is 27.8 Å². The molecular formula is C59H37N3O2. The lowest BCUT2D eigenvalue weighted by atomic mass is 9.95. The van der Waals surface area contributed by atoms with Gasteiger partial charge in [0.1, 0.15) is 22.3 Å². The summed E-state index contributed by atoms with van der Waals surface area (Å²) in [6.45, 7) is 0. The Morgan fingerprint density at radius 2 is 1.02 bits per heavy atom. The smallest absolute Gasteiger partial charge is 0.160 e. The monoisotopic (exact) mass is 819 g/mol. The molecule has 0 amide bonds. The van der Waals surface area contributed by atoms with Gasteiger partial charge >= 0.3 is 0 Å². The Morgan fingerprint density at radius 3 is 1.84 bits per heavy atom. The minimum atomic E-state index is 0.664. The predicted octanol–water partition coefficient (Wildman–Crippen LogP) is 15.6. The van der Waals surface area contributed by atoms with E-state index >= 15 is 0 Å². The number of rotatable bonds is 6. The van der Waals surface area contributed by atoms with Crippen LogP contribution in [0.1, 0.15) is 23.1 Å². The molecule has 0 radical (unpaired) electrons. The zero-order valence-electron chi connectivity index (χ0n) is 34.6. The van der Waals surface area contributed by atoms with Crippen LogP contribution in [0, 0.1) is 0 Å². The van der Waals surface area contributed by atoms with E-state index in [1.165, 1.54) is 10.8 Å². The molecule has 1 aliphatic heterocycles. The van der Waals surface area contributed by atoms with Crippen LogP contribution in [0.2, 0.25) is 0 Å². The lowest BCUT2D eigenvalue weighted by Crippen LogP contribution is -2.04. The van der Waals surface area contributed by atoms with Crippen LogP contribution in [0.3, 0.4) is 0 Å².